The third kappa shape index (κ3) is 4.59. The molecule has 2 aromatic heterocycles. The van der Waals surface area contributed by atoms with Crippen molar-refractivity contribution in [2.24, 2.45) is 0 Å². The van der Waals surface area contributed by atoms with Crippen molar-refractivity contribution in [1.82, 2.24) is 19.8 Å². The topological polar surface area (TPSA) is 49.3 Å². The van der Waals surface area contributed by atoms with Gasteiger partial charge in [-0.3, -0.25) is 14.7 Å². The van der Waals surface area contributed by atoms with Gasteiger partial charge in [0.2, 0.25) is 0 Å². The number of carbonyl (C=O) groups excluding carboxylic acids is 1. The molecule has 0 bridgehead atoms. The molecule has 1 aliphatic rings. The molecule has 0 unspecified atom stereocenters. The minimum absolute atomic E-state index is 0.187. The summed E-state index contributed by atoms with van der Waals surface area (Å²) in [4.78, 5) is 25.2. The molecule has 0 atom stereocenters. The second-order valence-electron chi connectivity index (χ2n) is 7.35. The summed E-state index contributed by atoms with van der Waals surface area (Å²) < 4.78 is 38.2. The highest BCUT2D eigenvalue weighted by Crippen LogP contribution is 2.26. The van der Waals surface area contributed by atoms with Crippen LogP contribution in [0.3, 0.4) is 0 Å². The Hall–Kier alpha value is -3.00. The number of pyridine rings is 2. The van der Waals surface area contributed by atoms with E-state index in [2.05, 4.69) is 9.97 Å². The van der Waals surface area contributed by atoms with Gasteiger partial charge in [0, 0.05) is 49.5 Å². The van der Waals surface area contributed by atoms with Gasteiger partial charge in [-0.25, -0.2) is 4.98 Å². The Labute approximate surface area is 172 Å². The molecule has 156 valence electrons. The zero-order chi connectivity index (χ0) is 21.1. The van der Waals surface area contributed by atoms with Crippen LogP contribution in [0.1, 0.15) is 16.8 Å². The number of amides is 1. The van der Waals surface area contributed by atoms with E-state index >= 15 is 0 Å². The first-order valence-corrected chi connectivity index (χ1v) is 9.79. The van der Waals surface area contributed by atoms with E-state index in [4.69, 9.17) is 0 Å². The molecule has 8 heteroatoms. The Morgan fingerprint density at radius 3 is 2.63 bits per heavy atom. The largest absolute Gasteiger partial charge is 0.401 e. The molecular weight excluding hydrogens is 393 g/mol. The molecule has 0 aliphatic carbocycles. The lowest BCUT2D eigenvalue weighted by molar-refractivity contribution is -0.145. The number of rotatable bonds is 3. The smallest absolute Gasteiger partial charge is 0.337 e. The van der Waals surface area contributed by atoms with E-state index in [1.54, 1.807) is 29.4 Å². The lowest BCUT2D eigenvalue weighted by Crippen LogP contribution is -2.38. The maximum absolute atomic E-state index is 13.4. The Morgan fingerprint density at radius 2 is 1.87 bits per heavy atom. The van der Waals surface area contributed by atoms with E-state index in [1.807, 2.05) is 30.3 Å². The standard InChI is InChI=1S/C22H21F3N4O/c23-22(24,25)15-28-9-4-10-29(12-11-28)21(30)18-13-20(16-5-3-8-26-14-16)27-19-7-2-1-6-17(18)19/h1-3,5-8,13-14H,4,9-12,15H2. The molecule has 5 nitrogen and oxygen atoms in total. The number of hydrogen-bond donors (Lipinski definition) is 0. The molecule has 3 heterocycles. The molecule has 1 aliphatic heterocycles. The Morgan fingerprint density at radius 1 is 1.03 bits per heavy atom. The maximum Gasteiger partial charge on any atom is 0.401 e. The Bertz CT molecular complexity index is 1040. The number of nitrogens with zero attached hydrogens (tertiary/aromatic N) is 4. The molecule has 1 fully saturated rings. The van der Waals surface area contributed by atoms with Crippen LogP contribution in [0, 0.1) is 0 Å². The minimum Gasteiger partial charge on any atom is -0.337 e. The van der Waals surface area contributed by atoms with Gasteiger partial charge >= 0.3 is 6.18 Å². The summed E-state index contributed by atoms with van der Waals surface area (Å²) in [6.45, 7) is 0.253. The summed E-state index contributed by atoms with van der Waals surface area (Å²) in [6, 6.07) is 12.8. The summed E-state index contributed by atoms with van der Waals surface area (Å²) in [5, 5.41) is 0.728. The van der Waals surface area contributed by atoms with E-state index in [1.165, 1.54) is 4.90 Å². The van der Waals surface area contributed by atoms with Crippen molar-refractivity contribution in [3.8, 4) is 11.3 Å². The predicted octanol–water partition coefficient (Wildman–Crippen LogP) is 4.01. The average Bonchev–Trinajstić information content (AvgIpc) is 2.97. The van der Waals surface area contributed by atoms with Crippen LogP contribution in [-0.2, 0) is 0 Å². The van der Waals surface area contributed by atoms with Crippen LogP contribution in [0.4, 0.5) is 13.2 Å². The number of fused-ring (bicyclic) bond motifs is 1. The summed E-state index contributed by atoms with van der Waals surface area (Å²) in [7, 11) is 0. The van der Waals surface area contributed by atoms with Crippen molar-refractivity contribution in [3.05, 3.63) is 60.4 Å². The van der Waals surface area contributed by atoms with E-state index in [-0.39, 0.29) is 19.0 Å². The molecule has 0 spiro atoms. The third-order valence-electron chi connectivity index (χ3n) is 5.18. The highest BCUT2D eigenvalue weighted by Gasteiger charge is 2.32. The first kappa shape index (κ1) is 20.3. The Kier molecular flexibility index (Phi) is 5.67. The molecule has 0 N–H and O–H groups in total. The second kappa shape index (κ2) is 8.39. The van der Waals surface area contributed by atoms with E-state index in [0.717, 1.165) is 10.9 Å². The quantitative estimate of drug-likeness (QED) is 0.650. The van der Waals surface area contributed by atoms with Crippen molar-refractivity contribution in [3.63, 3.8) is 0 Å². The lowest BCUT2D eigenvalue weighted by atomic mass is 10.0. The number of halogens is 3. The van der Waals surface area contributed by atoms with E-state index in [9.17, 15) is 18.0 Å². The zero-order valence-corrected chi connectivity index (χ0v) is 16.3. The van der Waals surface area contributed by atoms with Gasteiger partial charge in [0.25, 0.3) is 5.91 Å². The fourth-order valence-electron chi connectivity index (χ4n) is 3.77. The van der Waals surface area contributed by atoms with Crippen LogP contribution in [0.5, 0.6) is 0 Å². The van der Waals surface area contributed by atoms with Crippen molar-refractivity contribution in [2.75, 3.05) is 32.7 Å². The monoisotopic (exact) mass is 414 g/mol. The molecule has 4 rings (SSSR count). The fourth-order valence-corrected chi connectivity index (χ4v) is 3.77. The van der Waals surface area contributed by atoms with Gasteiger partial charge in [-0.1, -0.05) is 18.2 Å². The van der Waals surface area contributed by atoms with Gasteiger partial charge in [0.05, 0.1) is 23.3 Å². The highest BCUT2D eigenvalue weighted by molar-refractivity contribution is 6.07. The zero-order valence-electron chi connectivity index (χ0n) is 16.3. The summed E-state index contributed by atoms with van der Waals surface area (Å²) in [5.74, 6) is -0.187. The second-order valence-corrected chi connectivity index (χ2v) is 7.35. The first-order chi connectivity index (χ1) is 14.4. The van der Waals surface area contributed by atoms with Gasteiger partial charge in [0.1, 0.15) is 0 Å². The number of carbonyl (C=O) groups is 1. The maximum atomic E-state index is 13.4. The predicted molar refractivity (Wildman–Crippen MR) is 108 cm³/mol. The van der Waals surface area contributed by atoms with E-state index in [0.29, 0.717) is 36.3 Å². The number of aromatic nitrogens is 2. The number of para-hydroxylation sites is 1. The average molecular weight is 414 g/mol. The molecule has 30 heavy (non-hydrogen) atoms. The highest BCUT2D eigenvalue weighted by atomic mass is 19.4. The van der Waals surface area contributed by atoms with Crippen LogP contribution < -0.4 is 0 Å². The van der Waals surface area contributed by atoms with Gasteiger partial charge in [-0.05, 0) is 30.7 Å². The number of alkyl halides is 3. The van der Waals surface area contributed by atoms with E-state index < -0.39 is 12.7 Å². The van der Waals surface area contributed by atoms with Gasteiger partial charge in [0.15, 0.2) is 0 Å². The van der Waals surface area contributed by atoms with Gasteiger partial charge in [-0.15, -0.1) is 0 Å². The molecule has 1 saturated heterocycles. The third-order valence-corrected chi connectivity index (χ3v) is 5.18. The van der Waals surface area contributed by atoms with Crippen LogP contribution in [0.25, 0.3) is 22.2 Å². The normalized spacial score (nSPS) is 15.9. The number of benzene rings is 1. The molecule has 0 radical (unpaired) electrons. The molecule has 3 aromatic rings. The first-order valence-electron chi connectivity index (χ1n) is 9.79. The van der Waals surface area contributed by atoms with Crippen LogP contribution in [-0.4, -0.2) is 64.6 Å². The van der Waals surface area contributed by atoms with Crippen molar-refractivity contribution in [2.45, 2.75) is 12.6 Å². The molecule has 0 saturated carbocycles. The molecular formula is C22H21F3N4O. The van der Waals surface area contributed by atoms with Crippen molar-refractivity contribution >= 4 is 16.8 Å². The van der Waals surface area contributed by atoms with Crippen LogP contribution in [0.15, 0.2) is 54.9 Å². The number of hydrogen-bond acceptors (Lipinski definition) is 4. The summed E-state index contributed by atoms with van der Waals surface area (Å²) >= 11 is 0. The molecule has 1 aromatic carbocycles. The molecule has 1 amide bonds. The minimum atomic E-state index is -4.24. The fraction of sp³-hybridized carbons (Fsp3) is 0.318. The summed E-state index contributed by atoms with van der Waals surface area (Å²) in [6.07, 6.45) is -0.383. The van der Waals surface area contributed by atoms with Crippen molar-refractivity contribution in [1.29, 1.82) is 0 Å². The van der Waals surface area contributed by atoms with Crippen molar-refractivity contribution < 1.29 is 18.0 Å². The lowest BCUT2D eigenvalue weighted by Gasteiger charge is -2.23. The van der Waals surface area contributed by atoms with Crippen LogP contribution >= 0.6 is 0 Å². The Balaban J connectivity index is 1.64. The van der Waals surface area contributed by atoms with Gasteiger partial charge < -0.3 is 4.90 Å². The van der Waals surface area contributed by atoms with Gasteiger partial charge in [-0.2, -0.15) is 13.2 Å². The summed E-state index contributed by atoms with van der Waals surface area (Å²) in [5.41, 5.74) is 2.63. The SMILES string of the molecule is O=C(c1cc(-c2cccnc2)nc2ccccc12)N1CCCN(CC(F)(F)F)CC1. The van der Waals surface area contributed by atoms with Crippen LogP contribution in [0.2, 0.25) is 0 Å².